The van der Waals surface area contributed by atoms with Crippen LogP contribution in [-0.2, 0) is 12.2 Å². The Kier molecular flexibility index (Phi) is 7.44. The Balaban J connectivity index is 1.75. The molecule has 0 spiro atoms. The molecule has 0 bridgehead atoms. The van der Waals surface area contributed by atoms with Crippen molar-refractivity contribution in [2.24, 2.45) is 0 Å². The lowest BCUT2D eigenvalue weighted by Gasteiger charge is -2.18. The van der Waals surface area contributed by atoms with Gasteiger partial charge in [-0.3, -0.25) is 9.36 Å². The van der Waals surface area contributed by atoms with Crippen LogP contribution < -0.4 is 10.3 Å². The summed E-state index contributed by atoms with van der Waals surface area (Å²) in [5.74, 6) is -1.89. The molecule has 38 heavy (non-hydrogen) atoms. The van der Waals surface area contributed by atoms with Gasteiger partial charge in [0.05, 0.1) is 11.9 Å². The molecule has 1 N–H and O–H groups in total. The minimum atomic E-state index is -1.39. The summed E-state index contributed by atoms with van der Waals surface area (Å²) in [4.78, 5) is 25.8. The van der Waals surface area contributed by atoms with Crippen LogP contribution in [0.5, 0.6) is 5.88 Å². The molecular weight excluding hydrogens is 565 g/mol. The van der Waals surface area contributed by atoms with E-state index in [9.17, 15) is 23.1 Å². The van der Waals surface area contributed by atoms with E-state index in [1.165, 1.54) is 31.4 Å². The molecule has 0 saturated carbocycles. The molecule has 0 aliphatic heterocycles. The van der Waals surface area contributed by atoms with Gasteiger partial charge in [-0.1, -0.05) is 12.1 Å². The molecule has 2 aromatic carbocycles. The topological polar surface area (TPSA) is 90.1 Å². The molecule has 2 heterocycles. The van der Waals surface area contributed by atoms with Gasteiger partial charge in [0.2, 0.25) is 5.88 Å². The first-order chi connectivity index (χ1) is 17.8. The Morgan fingerprint density at radius 1 is 1.00 bits per heavy atom. The van der Waals surface area contributed by atoms with Crippen LogP contribution in [0.3, 0.4) is 0 Å². The second kappa shape index (κ2) is 10.3. The largest absolute Gasteiger partial charge is 0.472 e. The quantitative estimate of drug-likeness (QED) is 0.315. The van der Waals surface area contributed by atoms with Crippen molar-refractivity contribution in [2.75, 3.05) is 0 Å². The number of rotatable bonds is 6. The molecule has 0 aliphatic carbocycles. The molecule has 4 aromatic rings. The van der Waals surface area contributed by atoms with E-state index in [0.29, 0.717) is 16.8 Å². The Morgan fingerprint density at radius 2 is 1.71 bits per heavy atom. The highest BCUT2D eigenvalue weighted by Crippen LogP contribution is 2.29. The van der Waals surface area contributed by atoms with Crippen molar-refractivity contribution >= 4 is 15.9 Å². The van der Waals surface area contributed by atoms with E-state index < -0.39 is 28.6 Å². The molecule has 0 fully saturated rings. The lowest BCUT2D eigenvalue weighted by Crippen LogP contribution is -2.24. The van der Waals surface area contributed by atoms with Crippen LogP contribution in [0.15, 0.2) is 45.8 Å². The van der Waals surface area contributed by atoms with Crippen LogP contribution in [0.4, 0.5) is 13.2 Å². The fraction of sp³-hybridized carbons (Fsp3) is 0.259. The molecule has 198 valence electrons. The van der Waals surface area contributed by atoms with Crippen molar-refractivity contribution in [3.05, 3.63) is 97.1 Å². The summed E-state index contributed by atoms with van der Waals surface area (Å²) in [7, 11) is 0. The van der Waals surface area contributed by atoms with Crippen LogP contribution in [0, 0.1) is 38.2 Å². The van der Waals surface area contributed by atoms with Crippen molar-refractivity contribution in [2.45, 2.75) is 46.8 Å². The molecule has 0 radical (unpaired) electrons. The van der Waals surface area contributed by atoms with E-state index in [1.54, 1.807) is 32.0 Å². The van der Waals surface area contributed by atoms with Gasteiger partial charge in [-0.2, -0.15) is 4.98 Å². The molecule has 0 atom stereocenters. The second-order valence-corrected chi connectivity index (χ2v) is 10.1. The first-order valence-corrected chi connectivity index (χ1v) is 12.3. The monoisotopic (exact) mass is 588 g/mol. The maximum atomic E-state index is 14.7. The maximum Gasteiger partial charge on any atom is 0.276 e. The standard InChI is InChI=1S/C27H24BrF3N4O3/c1-13-6-7-16(23-20(31)11-32-26(34-23)27(4,5)37)9-21(13)35-15(3)33-24(22(28)25(35)36)38-12-17-8-14(2)18(29)10-19(17)30/h6-11,37H,12H2,1-5H3. The minimum absolute atomic E-state index is 0.00956. The van der Waals surface area contributed by atoms with Crippen molar-refractivity contribution < 1.29 is 23.0 Å². The lowest BCUT2D eigenvalue weighted by molar-refractivity contribution is 0.0686. The normalized spacial score (nSPS) is 11.6. The predicted octanol–water partition coefficient (Wildman–Crippen LogP) is 5.60. The fourth-order valence-electron chi connectivity index (χ4n) is 3.80. The Labute approximate surface area is 225 Å². The van der Waals surface area contributed by atoms with Crippen molar-refractivity contribution in [1.82, 2.24) is 19.5 Å². The van der Waals surface area contributed by atoms with E-state index >= 15 is 0 Å². The third-order valence-corrected chi connectivity index (χ3v) is 6.55. The van der Waals surface area contributed by atoms with Crippen LogP contribution in [0.25, 0.3) is 16.9 Å². The van der Waals surface area contributed by atoms with Gasteiger partial charge in [0, 0.05) is 17.2 Å². The molecule has 0 amide bonds. The molecule has 2 aromatic heterocycles. The summed E-state index contributed by atoms with van der Waals surface area (Å²) >= 11 is 3.23. The number of hydrogen-bond acceptors (Lipinski definition) is 6. The Hall–Kier alpha value is -3.57. The molecule has 11 heteroatoms. The van der Waals surface area contributed by atoms with E-state index in [2.05, 4.69) is 30.9 Å². The van der Waals surface area contributed by atoms with Gasteiger partial charge in [-0.25, -0.2) is 23.1 Å². The number of nitrogens with zero attached hydrogens (tertiary/aromatic N) is 4. The zero-order valence-electron chi connectivity index (χ0n) is 21.2. The predicted molar refractivity (Wildman–Crippen MR) is 139 cm³/mol. The minimum Gasteiger partial charge on any atom is -0.472 e. The summed E-state index contributed by atoms with van der Waals surface area (Å²) in [6.45, 7) is 7.59. The van der Waals surface area contributed by atoms with Gasteiger partial charge in [0.15, 0.2) is 11.6 Å². The summed E-state index contributed by atoms with van der Waals surface area (Å²) in [5.41, 5.74) is -0.0782. The molecular formula is C27H24BrF3N4O3. The van der Waals surface area contributed by atoms with Crippen LogP contribution in [-0.4, -0.2) is 24.6 Å². The summed E-state index contributed by atoms with van der Waals surface area (Å²) in [6.07, 6.45) is 0.988. The third kappa shape index (κ3) is 5.34. The van der Waals surface area contributed by atoms with E-state index in [0.717, 1.165) is 12.3 Å². The number of aliphatic hydroxyl groups is 1. The Morgan fingerprint density at radius 3 is 2.39 bits per heavy atom. The maximum absolute atomic E-state index is 14.7. The average molecular weight is 589 g/mol. The van der Waals surface area contributed by atoms with E-state index in [4.69, 9.17) is 4.74 Å². The highest BCUT2D eigenvalue weighted by Gasteiger charge is 2.23. The molecule has 0 saturated heterocycles. The number of hydrogen-bond donors (Lipinski definition) is 1. The molecule has 0 aliphatic rings. The van der Waals surface area contributed by atoms with Gasteiger partial charge < -0.3 is 9.84 Å². The third-order valence-electron chi connectivity index (χ3n) is 5.87. The highest BCUT2D eigenvalue weighted by atomic mass is 79.9. The summed E-state index contributed by atoms with van der Waals surface area (Å²) < 4.78 is 49.4. The number of ether oxygens (including phenoxy) is 1. The first-order valence-electron chi connectivity index (χ1n) is 11.5. The Bertz CT molecular complexity index is 1620. The van der Waals surface area contributed by atoms with Gasteiger partial charge in [-0.15, -0.1) is 0 Å². The molecule has 0 unspecified atom stereocenters. The smallest absolute Gasteiger partial charge is 0.276 e. The number of halogens is 4. The SMILES string of the molecule is Cc1cc(COc2nc(C)n(-c3cc(-c4nc(C(C)(C)O)ncc4F)ccc3C)c(=O)c2Br)c(F)cc1F. The number of aromatic nitrogens is 4. The number of aryl methyl sites for hydroxylation is 3. The van der Waals surface area contributed by atoms with Gasteiger partial charge in [0.25, 0.3) is 5.56 Å². The van der Waals surface area contributed by atoms with Crippen molar-refractivity contribution in [1.29, 1.82) is 0 Å². The zero-order valence-corrected chi connectivity index (χ0v) is 22.8. The molecule has 4 rings (SSSR count). The fourth-order valence-corrected chi connectivity index (χ4v) is 4.18. The summed E-state index contributed by atoms with van der Waals surface area (Å²) in [5, 5.41) is 10.3. The van der Waals surface area contributed by atoms with Gasteiger partial charge >= 0.3 is 0 Å². The van der Waals surface area contributed by atoms with Gasteiger partial charge in [0.1, 0.15) is 39.8 Å². The highest BCUT2D eigenvalue weighted by molar-refractivity contribution is 9.10. The van der Waals surface area contributed by atoms with Crippen molar-refractivity contribution in [3.63, 3.8) is 0 Å². The first kappa shape index (κ1) is 27.5. The van der Waals surface area contributed by atoms with Crippen LogP contribution >= 0.6 is 15.9 Å². The lowest BCUT2D eigenvalue weighted by atomic mass is 10.1. The van der Waals surface area contributed by atoms with Gasteiger partial charge in [-0.05, 0) is 73.8 Å². The van der Waals surface area contributed by atoms with E-state index in [1.807, 2.05) is 0 Å². The second-order valence-electron chi connectivity index (χ2n) is 9.35. The molecule has 7 nitrogen and oxygen atoms in total. The van der Waals surface area contributed by atoms with E-state index in [-0.39, 0.29) is 45.4 Å². The van der Waals surface area contributed by atoms with Crippen LogP contribution in [0.2, 0.25) is 0 Å². The van der Waals surface area contributed by atoms with Crippen LogP contribution in [0.1, 0.15) is 42.2 Å². The number of benzene rings is 2. The zero-order chi connectivity index (χ0) is 27.9. The average Bonchev–Trinajstić information content (AvgIpc) is 2.84. The van der Waals surface area contributed by atoms with Crippen molar-refractivity contribution in [3.8, 4) is 22.8 Å². The summed E-state index contributed by atoms with van der Waals surface area (Å²) in [6, 6.07) is 7.06.